The molecule has 2 rings (SSSR count). The fourth-order valence-electron chi connectivity index (χ4n) is 1.67. The van der Waals surface area contributed by atoms with Crippen molar-refractivity contribution in [2.24, 2.45) is 12.0 Å². The number of aromatic nitrogens is 3. The molecule has 2 aromatic rings. The van der Waals surface area contributed by atoms with Gasteiger partial charge in [-0.25, -0.2) is 4.99 Å². The van der Waals surface area contributed by atoms with Crippen molar-refractivity contribution in [1.82, 2.24) is 25.4 Å². The second-order valence-electron chi connectivity index (χ2n) is 4.49. The maximum Gasteiger partial charge on any atom is 0.192 e. The number of rotatable bonds is 6. The van der Waals surface area contributed by atoms with Crippen LogP contribution in [0.25, 0.3) is 0 Å². The summed E-state index contributed by atoms with van der Waals surface area (Å²) in [5, 5.41) is 14.4. The average molecular weight is 416 g/mol. The average Bonchev–Trinajstić information content (AvgIpc) is 3.11. The molecule has 2 N–H and O–H groups in total. The van der Waals surface area contributed by atoms with Crippen molar-refractivity contribution in [3.05, 3.63) is 48.5 Å². The lowest BCUT2D eigenvalue weighted by molar-refractivity contribution is 0.501. The summed E-state index contributed by atoms with van der Waals surface area (Å²) in [6.45, 7) is 7.23. The molecule has 0 fully saturated rings. The molecule has 0 spiro atoms. The molecule has 2 heterocycles. The minimum Gasteiger partial charge on any atom is -0.467 e. The maximum atomic E-state index is 5.28. The van der Waals surface area contributed by atoms with E-state index in [1.165, 1.54) is 0 Å². The van der Waals surface area contributed by atoms with Crippen molar-refractivity contribution >= 4 is 29.9 Å². The summed E-state index contributed by atoms with van der Waals surface area (Å²) in [7, 11) is 1.92. The molecule has 0 aliphatic rings. The molecule has 8 heteroatoms. The zero-order valence-electron chi connectivity index (χ0n) is 12.7. The van der Waals surface area contributed by atoms with E-state index < -0.39 is 0 Å². The number of guanidine groups is 1. The Morgan fingerprint density at radius 1 is 1.45 bits per heavy atom. The molecule has 0 aliphatic carbocycles. The third-order valence-corrected chi connectivity index (χ3v) is 2.99. The predicted molar refractivity (Wildman–Crippen MR) is 96.0 cm³/mol. The van der Waals surface area contributed by atoms with Crippen LogP contribution in [-0.2, 0) is 20.1 Å². The number of halogens is 1. The minimum atomic E-state index is 0. The molecule has 22 heavy (non-hydrogen) atoms. The van der Waals surface area contributed by atoms with Crippen LogP contribution in [0.15, 0.2) is 40.5 Å². The van der Waals surface area contributed by atoms with Crippen molar-refractivity contribution in [1.29, 1.82) is 0 Å². The molecule has 0 radical (unpaired) electrons. The van der Waals surface area contributed by atoms with Crippen molar-refractivity contribution in [2.75, 3.05) is 6.54 Å². The highest BCUT2D eigenvalue weighted by molar-refractivity contribution is 14.0. The molecule has 0 aliphatic heterocycles. The fraction of sp³-hybridized carbons (Fsp3) is 0.357. The Kier molecular flexibility index (Phi) is 7.64. The first-order chi connectivity index (χ1) is 10.2. The van der Waals surface area contributed by atoms with E-state index in [1.807, 2.05) is 30.7 Å². The van der Waals surface area contributed by atoms with Crippen LogP contribution in [0, 0.1) is 6.92 Å². The lowest BCUT2D eigenvalue weighted by Crippen LogP contribution is -2.37. The second kappa shape index (κ2) is 9.23. The topological polar surface area (TPSA) is 80.3 Å². The third-order valence-electron chi connectivity index (χ3n) is 2.99. The quantitative estimate of drug-likeness (QED) is 0.325. The molecule has 0 saturated heterocycles. The van der Waals surface area contributed by atoms with Gasteiger partial charge in [-0.3, -0.25) is 0 Å². The minimum absolute atomic E-state index is 0. The number of nitrogens with zero attached hydrogens (tertiary/aromatic N) is 4. The third kappa shape index (κ3) is 5.17. The van der Waals surface area contributed by atoms with Crippen molar-refractivity contribution in [2.45, 2.75) is 20.0 Å². The highest BCUT2D eigenvalue weighted by Gasteiger charge is 2.05. The summed E-state index contributed by atoms with van der Waals surface area (Å²) in [6.07, 6.45) is 3.42. The van der Waals surface area contributed by atoms with E-state index >= 15 is 0 Å². The standard InChI is InChI=1S/C14H20N6O.HI/c1-4-7-15-14(16-9-12-6-5-8-21-12)17-10-13-19-18-11(2)20(13)3;/h4-6,8H,1,7,9-10H2,2-3H3,(H2,15,16,17);1H. The summed E-state index contributed by atoms with van der Waals surface area (Å²) in [5.74, 6) is 3.19. The van der Waals surface area contributed by atoms with Gasteiger partial charge in [-0.2, -0.15) is 0 Å². The van der Waals surface area contributed by atoms with Gasteiger partial charge in [0.1, 0.15) is 18.1 Å². The first-order valence-electron chi connectivity index (χ1n) is 6.71. The first kappa shape index (κ1) is 18.2. The van der Waals surface area contributed by atoms with E-state index in [1.54, 1.807) is 12.3 Å². The molecular weight excluding hydrogens is 395 g/mol. The molecular formula is C14H21IN6O. The summed E-state index contributed by atoms with van der Waals surface area (Å²) in [6, 6.07) is 3.76. The van der Waals surface area contributed by atoms with Crippen molar-refractivity contribution in [3.8, 4) is 0 Å². The molecule has 120 valence electrons. The Morgan fingerprint density at radius 2 is 2.27 bits per heavy atom. The predicted octanol–water partition coefficient (Wildman–Crippen LogP) is 1.76. The first-order valence-corrected chi connectivity index (χ1v) is 6.71. The van der Waals surface area contributed by atoms with E-state index in [4.69, 9.17) is 4.42 Å². The number of nitrogens with one attached hydrogen (secondary N) is 2. The SMILES string of the molecule is C=CCNC(=NCc1nnc(C)n1C)NCc1ccco1.I. The lowest BCUT2D eigenvalue weighted by atomic mass is 10.4. The summed E-state index contributed by atoms with van der Waals surface area (Å²) in [5.41, 5.74) is 0. The maximum absolute atomic E-state index is 5.28. The van der Waals surface area contributed by atoms with Crippen LogP contribution in [0.4, 0.5) is 0 Å². The molecule has 0 aromatic carbocycles. The summed E-state index contributed by atoms with van der Waals surface area (Å²) in [4.78, 5) is 4.49. The van der Waals surface area contributed by atoms with Gasteiger partial charge in [-0.05, 0) is 19.1 Å². The fourth-order valence-corrected chi connectivity index (χ4v) is 1.67. The van der Waals surface area contributed by atoms with Crippen LogP contribution in [0.2, 0.25) is 0 Å². The van der Waals surface area contributed by atoms with Gasteiger partial charge in [0, 0.05) is 13.6 Å². The number of furan rings is 1. The van der Waals surface area contributed by atoms with Crippen molar-refractivity contribution in [3.63, 3.8) is 0 Å². The smallest absolute Gasteiger partial charge is 0.192 e. The van der Waals surface area contributed by atoms with Gasteiger partial charge in [-0.1, -0.05) is 6.08 Å². The van der Waals surface area contributed by atoms with Crippen molar-refractivity contribution < 1.29 is 4.42 Å². The molecule has 7 nitrogen and oxygen atoms in total. The van der Waals surface area contributed by atoms with Gasteiger partial charge in [-0.15, -0.1) is 40.8 Å². The number of hydrogen-bond donors (Lipinski definition) is 2. The number of aliphatic imine (C=N–C) groups is 1. The Labute approximate surface area is 146 Å². The molecule has 0 saturated carbocycles. The van der Waals surface area contributed by atoms with Gasteiger partial charge < -0.3 is 19.6 Å². The Balaban J connectivity index is 0.00000242. The van der Waals surface area contributed by atoms with Crippen LogP contribution < -0.4 is 10.6 Å². The normalized spacial score (nSPS) is 10.9. The van der Waals surface area contributed by atoms with Crippen LogP contribution >= 0.6 is 24.0 Å². The van der Waals surface area contributed by atoms with E-state index in [-0.39, 0.29) is 24.0 Å². The zero-order chi connectivity index (χ0) is 15.1. The van der Waals surface area contributed by atoms with E-state index in [0.29, 0.717) is 25.6 Å². The van der Waals surface area contributed by atoms with Gasteiger partial charge in [0.05, 0.1) is 12.8 Å². The highest BCUT2D eigenvalue weighted by Crippen LogP contribution is 2.00. The van der Waals surface area contributed by atoms with Crippen LogP contribution in [-0.4, -0.2) is 27.3 Å². The van der Waals surface area contributed by atoms with Crippen LogP contribution in [0.1, 0.15) is 17.4 Å². The monoisotopic (exact) mass is 416 g/mol. The molecule has 0 bridgehead atoms. The Hall–Kier alpha value is -1.84. The zero-order valence-corrected chi connectivity index (χ0v) is 15.1. The molecule has 0 amide bonds. The summed E-state index contributed by atoms with van der Waals surface area (Å²) < 4.78 is 7.20. The lowest BCUT2D eigenvalue weighted by Gasteiger charge is -2.10. The van der Waals surface area contributed by atoms with E-state index in [2.05, 4.69) is 32.4 Å². The van der Waals surface area contributed by atoms with Crippen LogP contribution in [0.3, 0.4) is 0 Å². The van der Waals surface area contributed by atoms with Crippen LogP contribution in [0.5, 0.6) is 0 Å². The number of aryl methyl sites for hydroxylation is 1. The molecule has 0 unspecified atom stereocenters. The van der Waals surface area contributed by atoms with E-state index in [9.17, 15) is 0 Å². The highest BCUT2D eigenvalue weighted by atomic mass is 127. The van der Waals surface area contributed by atoms with Gasteiger partial charge in [0.2, 0.25) is 0 Å². The molecule has 2 aromatic heterocycles. The Bertz CT molecular complexity index is 605. The Morgan fingerprint density at radius 3 is 2.86 bits per heavy atom. The van der Waals surface area contributed by atoms with Gasteiger partial charge in [0.15, 0.2) is 11.8 Å². The van der Waals surface area contributed by atoms with Gasteiger partial charge >= 0.3 is 0 Å². The summed E-state index contributed by atoms with van der Waals surface area (Å²) >= 11 is 0. The number of hydrogen-bond acceptors (Lipinski definition) is 4. The second-order valence-corrected chi connectivity index (χ2v) is 4.49. The van der Waals surface area contributed by atoms with E-state index in [0.717, 1.165) is 17.4 Å². The largest absolute Gasteiger partial charge is 0.467 e. The molecule has 0 atom stereocenters. The van der Waals surface area contributed by atoms with Gasteiger partial charge in [0.25, 0.3) is 0 Å².